The summed E-state index contributed by atoms with van der Waals surface area (Å²) in [6.45, 7) is 3.28. The van der Waals surface area contributed by atoms with Crippen LogP contribution in [0.2, 0.25) is 0 Å². The number of hydrogen-bond acceptors (Lipinski definition) is 7. The number of phenolic OH excluding ortho intramolecular Hbond substituents is 1. The molecule has 3 aromatic rings. The number of phenols is 1. The Morgan fingerprint density at radius 1 is 1.13 bits per heavy atom. The summed E-state index contributed by atoms with van der Waals surface area (Å²) in [5, 5.41) is 33.5. The number of carbonyl (C=O) groups excluding carboxylic acids is 3. The van der Waals surface area contributed by atoms with E-state index in [1.807, 2.05) is 0 Å². The van der Waals surface area contributed by atoms with Gasteiger partial charge in [0.25, 0.3) is 5.82 Å². The molecule has 1 atom stereocenters. The summed E-state index contributed by atoms with van der Waals surface area (Å²) in [5.74, 6) is -4.01. The van der Waals surface area contributed by atoms with Crippen molar-refractivity contribution >= 4 is 17.8 Å². The molecule has 4 amide bonds. The van der Waals surface area contributed by atoms with Gasteiger partial charge in [0.15, 0.2) is 5.69 Å². The first-order valence-corrected chi connectivity index (χ1v) is 8.91. The van der Waals surface area contributed by atoms with Crippen molar-refractivity contribution in [2.45, 2.75) is 19.8 Å². The van der Waals surface area contributed by atoms with Gasteiger partial charge in [0, 0.05) is 13.8 Å². The summed E-state index contributed by atoms with van der Waals surface area (Å²) >= 11 is 0. The van der Waals surface area contributed by atoms with Crippen LogP contribution in [0.25, 0.3) is 5.95 Å². The minimum Gasteiger partial charge on any atom is -0.711 e. The number of imide groups is 2. The number of imidazole rings is 1. The number of urea groups is 1. The largest absolute Gasteiger partial charge is 0.711 e. The van der Waals surface area contributed by atoms with Crippen LogP contribution < -0.4 is 15.4 Å². The van der Waals surface area contributed by atoms with Gasteiger partial charge < -0.3 is 10.3 Å². The van der Waals surface area contributed by atoms with E-state index in [0.717, 1.165) is 0 Å². The van der Waals surface area contributed by atoms with Crippen LogP contribution in [0.15, 0.2) is 30.6 Å². The molecule has 12 nitrogen and oxygen atoms in total. The molecule has 3 heterocycles. The van der Waals surface area contributed by atoms with Crippen LogP contribution in [0, 0.1) is 25.0 Å². The molecule has 1 aliphatic heterocycles. The number of aromatic hydroxyl groups is 1. The van der Waals surface area contributed by atoms with Gasteiger partial charge in [-0.1, -0.05) is 12.1 Å². The van der Waals surface area contributed by atoms with Gasteiger partial charge in [-0.25, -0.2) is 14.6 Å². The zero-order valence-electron chi connectivity index (χ0n) is 15.9. The molecule has 1 aromatic carbocycles. The monoisotopic (exact) mass is 411 g/mol. The van der Waals surface area contributed by atoms with Gasteiger partial charge in [-0.15, -0.1) is 0 Å². The first kappa shape index (κ1) is 19.1. The second-order valence-electron chi connectivity index (χ2n) is 6.82. The molecule has 0 radical (unpaired) electrons. The van der Waals surface area contributed by atoms with Gasteiger partial charge >= 0.3 is 12.0 Å². The van der Waals surface area contributed by atoms with Crippen LogP contribution in [0.5, 0.6) is 5.75 Å². The van der Waals surface area contributed by atoms with E-state index in [1.165, 1.54) is 35.2 Å². The highest BCUT2D eigenvalue weighted by Crippen LogP contribution is 2.35. The standard InChI is InChI=1S/C18H17N7O5/c1-8-9(2)25(30)16(24(8)17-19-7-20-23-17)12(10-3-5-11(26)6-4-10)13-14(27)21-18(29)22-15(13)28/h3-7,12-13,26H,1-2H3,(H,19,20,23)(H2,21,22,27,28,29)/t12-/m0/s1. The maximum absolute atomic E-state index is 13.2. The van der Waals surface area contributed by atoms with Crippen molar-refractivity contribution in [1.29, 1.82) is 0 Å². The van der Waals surface area contributed by atoms with Crippen LogP contribution in [-0.2, 0) is 9.59 Å². The van der Waals surface area contributed by atoms with Crippen LogP contribution in [0.4, 0.5) is 4.79 Å². The van der Waals surface area contributed by atoms with Crippen molar-refractivity contribution in [3.63, 3.8) is 0 Å². The SMILES string of the molecule is Cc1c(C)[n+]([O-])c([C@@H](c2ccc(O)cc2)C2C(=O)NC(=O)NC2=O)n1-c1ncn[nH]1. The number of barbiturate groups is 1. The summed E-state index contributed by atoms with van der Waals surface area (Å²) in [7, 11) is 0. The second-order valence-corrected chi connectivity index (χ2v) is 6.82. The molecule has 4 N–H and O–H groups in total. The van der Waals surface area contributed by atoms with Crippen molar-refractivity contribution in [3.8, 4) is 11.7 Å². The Morgan fingerprint density at radius 2 is 1.77 bits per heavy atom. The predicted octanol–water partition coefficient (Wildman–Crippen LogP) is -0.335. The molecule has 0 spiro atoms. The topological polar surface area (TPSA) is 169 Å². The minimum atomic E-state index is -1.43. The molecule has 1 aliphatic rings. The van der Waals surface area contributed by atoms with E-state index in [-0.39, 0.29) is 17.5 Å². The number of benzene rings is 1. The molecule has 0 bridgehead atoms. The summed E-state index contributed by atoms with van der Waals surface area (Å²) in [6, 6.07) is 4.82. The highest BCUT2D eigenvalue weighted by Gasteiger charge is 2.47. The molecule has 0 unspecified atom stereocenters. The normalized spacial score (nSPS) is 15.7. The number of nitrogens with one attached hydrogen (secondary N) is 3. The van der Waals surface area contributed by atoms with E-state index in [2.05, 4.69) is 25.8 Å². The third-order valence-corrected chi connectivity index (χ3v) is 5.12. The number of amides is 4. The Kier molecular flexibility index (Phi) is 4.45. The Hall–Kier alpha value is -4.22. The summed E-state index contributed by atoms with van der Waals surface area (Å²) < 4.78 is 2.09. The number of nitrogens with zero attached hydrogens (tertiary/aromatic N) is 4. The predicted molar refractivity (Wildman–Crippen MR) is 99.3 cm³/mol. The maximum Gasteiger partial charge on any atom is 0.328 e. The minimum absolute atomic E-state index is 0.0251. The van der Waals surface area contributed by atoms with E-state index in [0.29, 0.717) is 21.7 Å². The fourth-order valence-corrected chi connectivity index (χ4v) is 3.59. The number of aromatic amines is 1. The molecule has 154 valence electrons. The lowest BCUT2D eigenvalue weighted by atomic mass is 9.83. The average molecular weight is 411 g/mol. The van der Waals surface area contributed by atoms with Gasteiger partial charge in [-0.05, 0) is 17.7 Å². The van der Waals surface area contributed by atoms with Crippen LogP contribution in [-0.4, -0.2) is 42.7 Å². The fourth-order valence-electron chi connectivity index (χ4n) is 3.59. The molecular weight excluding hydrogens is 394 g/mol. The van der Waals surface area contributed by atoms with Gasteiger partial charge in [0.2, 0.25) is 11.8 Å². The van der Waals surface area contributed by atoms with Crippen molar-refractivity contribution in [2.75, 3.05) is 0 Å². The van der Waals surface area contributed by atoms with E-state index >= 15 is 0 Å². The lowest BCUT2D eigenvalue weighted by Gasteiger charge is -2.27. The van der Waals surface area contributed by atoms with E-state index in [9.17, 15) is 24.7 Å². The van der Waals surface area contributed by atoms with Crippen molar-refractivity contribution < 1.29 is 24.2 Å². The van der Waals surface area contributed by atoms with Gasteiger partial charge in [-0.2, -0.15) is 14.6 Å². The van der Waals surface area contributed by atoms with Gasteiger partial charge in [0.1, 0.15) is 29.6 Å². The number of H-pyrrole nitrogens is 1. The Morgan fingerprint density at radius 3 is 2.33 bits per heavy atom. The molecule has 4 rings (SSSR count). The van der Waals surface area contributed by atoms with Gasteiger partial charge in [0.05, 0.1) is 0 Å². The third-order valence-electron chi connectivity index (χ3n) is 5.12. The lowest BCUT2D eigenvalue weighted by Crippen LogP contribution is -2.58. The summed E-state index contributed by atoms with van der Waals surface area (Å²) in [5.41, 5.74) is 1.26. The number of carbonyl (C=O) groups is 3. The second kappa shape index (κ2) is 6.99. The Labute approximate surface area is 169 Å². The molecule has 1 saturated heterocycles. The zero-order valence-corrected chi connectivity index (χ0v) is 15.9. The molecule has 0 saturated carbocycles. The van der Waals surface area contributed by atoms with E-state index in [4.69, 9.17) is 0 Å². The van der Waals surface area contributed by atoms with Crippen molar-refractivity contribution in [1.82, 2.24) is 30.4 Å². The van der Waals surface area contributed by atoms with Crippen LogP contribution in [0.3, 0.4) is 0 Å². The Balaban J connectivity index is 2.00. The molecule has 1 fully saturated rings. The van der Waals surface area contributed by atoms with Crippen molar-refractivity contribution in [2.24, 2.45) is 5.92 Å². The molecule has 2 aromatic heterocycles. The molecular formula is C18H17N7O5. The van der Waals surface area contributed by atoms with Gasteiger partial charge in [-0.3, -0.25) is 20.2 Å². The fraction of sp³-hybridized carbons (Fsp3) is 0.222. The van der Waals surface area contributed by atoms with E-state index in [1.54, 1.807) is 13.8 Å². The first-order chi connectivity index (χ1) is 14.3. The molecule has 12 heteroatoms. The van der Waals surface area contributed by atoms with Crippen LogP contribution >= 0.6 is 0 Å². The number of aromatic nitrogens is 5. The quantitative estimate of drug-likeness (QED) is 0.259. The average Bonchev–Trinajstić information content (AvgIpc) is 3.29. The maximum atomic E-state index is 13.2. The molecule has 30 heavy (non-hydrogen) atoms. The van der Waals surface area contributed by atoms with Crippen LogP contribution in [0.1, 0.15) is 28.7 Å². The molecule has 0 aliphatic carbocycles. The third kappa shape index (κ3) is 2.94. The number of hydrogen-bond donors (Lipinski definition) is 4. The summed E-state index contributed by atoms with van der Waals surface area (Å²) in [4.78, 5) is 41.0. The highest BCUT2D eigenvalue weighted by molar-refractivity contribution is 6.16. The first-order valence-electron chi connectivity index (χ1n) is 8.91. The van der Waals surface area contributed by atoms with E-state index < -0.39 is 29.7 Å². The van der Waals surface area contributed by atoms with Crippen molar-refractivity contribution in [3.05, 3.63) is 58.6 Å². The summed E-state index contributed by atoms with van der Waals surface area (Å²) in [6.07, 6.45) is 1.26. The highest BCUT2D eigenvalue weighted by atomic mass is 16.5. The lowest BCUT2D eigenvalue weighted by molar-refractivity contribution is -0.621. The Bertz CT molecular complexity index is 1130. The number of rotatable bonds is 4. The zero-order chi connectivity index (χ0) is 21.6. The smallest absolute Gasteiger partial charge is 0.328 e.